The lowest BCUT2D eigenvalue weighted by atomic mass is 9.93. The van der Waals surface area contributed by atoms with Crippen LogP contribution >= 0.6 is 0 Å². The maximum atomic E-state index is 5.25. The second-order valence-corrected chi connectivity index (χ2v) is 4.68. The minimum absolute atomic E-state index is 0.535. The number of allylic oxidation sites excluding steroid dienone is 3. The number of hydrogen-bond acceptors (Lipinski definition) is 1. The summed E-state index contributed by atoms with van der Waals surface area (Å²) in [5, 5.41) is 0. The van der Waals surface area contributed by atoms with Gasteiger partial charge in [0.05, 0.1) is 6.61 Å². The first-order valence-corrected chi connectivity index (χ1v) is 6.15. The van der Waals surface area contributed by atoms with Gasteiger partial charge in [-0.3, -0.25) is 0 Å². The molecular weight excluding hydrogens is 196 g/mol. The third-order valence-electron chi connectivity index (χ3n) is 2.62. The average Bonchev–Trinajstić information content (AvgIpc) is 2.22. The molecule has 0 aromatic heterocycles. The van der Waals surface area contributed by atoms with E-state index in [0.29, 0.717) is 18.3 Å². The maximum absolute atomic E-state index is 5.25. The highest BCUT2D eigenvalue weighted by Gasteiger charge is 2.05. The van der Waals surface area contributed by atoms with Crippen molar-refractivity contribution in [1.29, 1.82) is 0 Å². The third kappa shape index (κ3) is 7.33. The maximum Gasteiger partial charge on any atom is 0.112 e. The smallest absolute Gasteiger partial charge is 0.112 e. The van der Waals surface area contributed by atoms with Crippen LogP contribution in [0.1, 0.15) is 40.5 Å². The zero-order valence-electron chi connectivity index (χ0n) is 11.3. The van der Waals surface area contributed by atoms with Crippen molar-refractivity contribution in [3.05, 3.63) is 36.6 Å². The average molecular weight is 222 g/mol. The molecule has 1 unspecified atom stereocenters. The highest BCUT2D eigenvalue weighted by atomic mass is 16.5. The highest BCUT2D eigenvalue weighted by Crippen LogP contribution is 2.19. The van der Waals surface area contributed by atoms with E-state index in [4.69, 9.17) is 4.74 Å². The van der Waals surface area contributed by atoms with Gasteiger partial charge in [0.1, 0.15) is 5.76 Å². The van der Waals surface area contributed by atoms with Gasteiger partial charge in [-0.25, -0.2) is 0 Å². The Balaban J connectivity index is 3.99. The summed E-state index contributed by atoms with van der Waals surface area (Å²) in [6, 6.07) is 0. The molecule has 0 aliphatic heterocycles. The molecule has 1 nitrogen and oxygen atoms in total. The summed E-state index contributed by atoms with van der Waals surface area (Å²) >= 11 is 0. The van der Waals surface area contributed by atoms with Crippen molar-refractivity contribution >= 4 is 0 Å². The molecule has 16 heavy (non-hydrogen) atoms. The molecule has 0 saturated carbocycles. The standard InChI is InChI=1S/C15H26O/c1-7-16-15(6)11-10-14(5)13(4)9-8-12(2)3/h10-13H,5-9H2,1-4H3/b11-10-. The van der Waals surface area contributed by atoms with Crippen molar-refractivity contribution in [1.82, 2.24) is 0 Å². The van der Waals surface area contributed by atoms with Gasteiger partial charge >= 0.3 is 0 Å². The van der Waals surface area contributed by atoms with Gasteiger partial charge < -0.3 is 4.74 Å². The molecule has 0 aromatic carbocycles. The molecule has 0 aromatic rings. The minimum Gasteiger partial charge on any atom is -0.495 e. The summed E-state index contributed by atoms with van der Waals surface area (Å²) in [7, 11) is 0. The molecule has 0 spiro atoms. The van der Waals surface area contributed by atoms with Crippen LogP contribution in [0.5, 0.6) is 0 Å². The molecule has 0 rings (SSSR count). The Bertz CT molecular complexity index is 248. The Morgan fingerprint density at radius 2 is 1.75 bits per heavy atom. The zero-order chi connectivity index (χ0) is 12.6. The van der Waals surface area contributed by atoms with Crippen molar-refractivity contribution < 1.29 is 4.74 Å². The molecule has 1 atom stereocenters. The van der Waals surface area contributed by atoms with Crippen molar-refractivity contribution in [2.75, 3.05) is 6.61 Å². The predicted molar refractivity (Wildman–Crippen MR) is 72.3 cm³/mol. The summed E-state index contributed by atoms with van der Waals surface area (Å²) in [5.41, 5.74) is 1.15. The van der Waals surface area contributed by atoms with Crippen molar-refractivity contribution in [2.24, 2.45) is 11.8 Å². The zero-order valence-corrected chi connectivity index (χ0v) is 11.3. The molecule has 0 radical (unpaired) electrons. The Morgan fingerprint density at radius 3 is 2.25 bits per heavy atom. The van der Waals surface area contributed by atoms with Gasteiger partial charge in [0.25, 0.3) is 0 Å². The van der Waals surface area contributed by atoms with Crippen LogP contribution in [0.4, 0.5) is 0 Å². The van der Waals surface area contributed by atoms with Crippen LogP contribution in [0.15, 0.2) is 36.6 Å². The molecule has 0 saturated heterocycles. The number of ether oxygens (including phenoxy) is 1. The molecule has 0 bridgehead atoms. The minimum atomic E-state index is 0.535. The van der Waals surface area contributed by atoms with E-state index in [1.807, 2.05) is 19.1 Å². The summed E-state index contributed by atoms with van der Waals surface area (Å²) in [4.78, 5) is 0. The first-order chi connectivity index (χ1) is 7.47. The van der Waals surface area contributed by atoms with Crippen LogP contribution in [0.25, 0.3) is 0 Å². The van der Waals surface area contributed by atoms with E-state index in [1.54, 1.807) is 0 Å². The van der Waals surface area contributed by atoms with E-state index in [0.717, 1.165) is 11.5 Å². The van der Waals surface area contributed by atoms with Gasteiger partial charge in [-0.1, -0.05) is 52.0 Å². The van der Waals surface area contributed by atoms with Crippen LogP contribution in [0.3, 0.4) is 0 Å². The Kier molecular flexibility index (Phi) is 7.70. The molecular formula is C15H26O. The fraction of sp³-hybridized carbons (Fsp3) is 0.600. The molecule has 0 N–H and O–H groups in total. The second kappa shape index (κ2) is 8.20. The molecule has 0 amide bonds. The van der Waals surface area contributed by atoms with Crippen LogP contribution in [0, 0.1) is 11.8 Å². The lowest BCUT2D eigenvalue weighted by molar-refractivity contribution is 0.244. The normalized spacial score (nSPS) is 13.1. The van der Waals surface area contributed by atoms with Gasteiger partial charge in [-0.15, -0.1) is 0 Å². The van der Waals surface area contributed by atoms with Crippen LogP contribution in [-0.2, 0) is 4.74 Å². The molecule has 0 aliphatic rings. The van der Waals surface area contributed by atoms with E-state index in [2.05, 4.69) is 33.9 Å². The van der Waals surface area contributed by atoms with E-state index in [-0.39, 0.29) is 0 Å². The Morgan fingerprint density at radius 1 is 1.12 bits per heavy atom. The van der Waals surface area contributed by atoms with Gasteiger partial charge in [0.2, 0.25) is 0 Å². The van der Waals surface area contributed by atoms with E-state index in [1.165, 1.54) is 12.8 Å². The largest absolute Gasteiger partial charge is 0.495 e. The monoisotopic (exact) mass is 222 g/mol. The number of hydrogen-bond donors (Lipinski definition) is 0. The van der Waals surface area contributed by atoms with E-state index < -0.39 is 0 Å². The van der Waals surface area contributed by atoms with Gasteiger partial charge in [0, 0.05) is 0 Å². The van der Waals surface area contributed by atoms with Gasteiger partial charge in [0.15, 0.2) is 0 Å². The summed E-state index contributed by atoms with van der Waals surface area (Å²) in [5.74, 6) is 2.01. The van der Waals surface area contributed by atoms with Crippen LogP contribution in [-0.4, -0.2) is 6.61 Å². The quantitative estimate of drug-likeness (QED) is 0.426. The van der Waals surface area contributed by atoms with Crippen LogP contribution in [0.2, 0.25) is 0 Å². The Hall–Kier alpha value is -0.980. The molecule has 1 heteroatoms. The van der Waals surface area contributed by atoms with E-state index in [9.17, 15) is 0 Å². The SMILES string of the molecule is C=C(/C=C\C(=C)C(C)CCC(C)C)OCC. The molecule has 0 fully saturated rings. The van der Waals surface area contributed by atoms with Crippen molar-refractivity contribution in [2.45, 2.75) is 40.5 Å². The first kappa shape index (κ1) is 15.0. The fourth-order valence-corrected chi connectivity index (χ4v) is 1.37. The van der Waals surface area contributed by atoms with Gasteiger partial charge in [-0.05, 0) is 31.3 Å². The predicted octanol–water partition coefficient (Wildman–Crippen LogP) is 4.72. The topological polar surface area (TPSA) is 9.23 Å². The third-order valence-corrected chi connectivity index (χ3v) is 2.62. The fourth-order valence-electron chi connectivity index (χ4n) is 1.37. The van der Waals surface area contributed by atoms with Gasteiger partial charge in [-0.2, -0.15) is 0 Å². The molecule has 0 aliphatic carbocycles. The molecule has 92 valence electrons. The van der Waals surface area contributed by atoms with Crippen LogP contribution < -0.4 is 0 Å². The van der Waals surface area contributed by atoms with Crippen molar-refractivity contribution in [3.63, 3.8) is 0 Å². The molecule has 0 heterocycles. The van der Waals surface area contributed by atoms with E-state index >= 15 is 0 Å². The first-order valence-electron chi connectivity index (χ1n) is 6.15. The van der Waals surface area contributed by atoms with Crippen molar-refractivity contribution in [3.8, 4) is 0 Å². The summed E-state index contributed by atoms with van der Waals surface area (Å²) < 4.78 is 5.25. The number of rotatable bonds is 8. The summed E-state index contributed by atoms with van der Waals surface area (Å²) in [6.45, 7) is 17.2. The second-order valence-electron chi connectivity index (χ2n) is 4.68. The highest BCUT2D eigenvalue weighted by molar-refractivity contribution is 5.22. The Labute approximate surface area is 101 Å². The lowest BCUT2D eigenvalue weighted by Gasteiger charge is -2.13. The summed E-state index contributed by atoms with van der Waals surface area (Å²) in [6.07, 6.45) is 6.36. The lowest BCUT2D eigenvalue weighted by Crippen LogP contribution is -1.99.